The van der Waals surface area contributed by atoms with Crippen LogP contribution in [0.3, 0.4) is 0 Å². The molecule has 0 radical (unpaired) electrons. The van der Waals surface area contributed by atoms with E-state index in [1.807, 2.05) is 25.1 Å². The second-order valence-corrected chi connectivity index (χ2v) is 4.57. The number of hydrazone groups is 1. The molecule has 0 unspecified atom stereocenters. The Kier molecular flexibility index (Phi) is 5.14. The second kappa shape index (κ2) is 7.26. The summed E-state index contributed by atoms with van der Waals surface area (Å²) in [5.74, 6) is 1.01. The minimum atomic E-state index is -0.250. The summed E-state index contributed by atoms with van der Waals surface area (Å²) in [4.78, 5) is 11.9. The predicted molar refractivity (Wildman–Crippen MR) is 85.7 cm³/mol. The third kappa shape index (κ3) is 3.63. The number of benzene rings is 2. The molecule has 0 fully saturated rings. The van der Waals surface area contributed by atoms with Crippen LogP contribution in [0.1, 0.15) is 22.8 Å². The lowest BCUT2D eigenvalue weighted by atomic mass is 10.1. The van der Waals surface area contributed by atoms with Crippen LogP contribution >= 0.6 is 0 Å². The van der Waals surface area contributed by atoms with E-state index in [-0.39, 0.29) is 5.91 Å². The minimum absolute atomic E-state index is 0.250. The van der Waals surface area contributed by atoms with Gasteiger partial charge in [-0.15, -0.1) is 0 Å². The molecule has 0 aliphatic carbocycles. The molecule has 0 saturated heterocycles. The van der Waals surface area contributed by atoms with E-state index < -0.39 is 0 Å². The lowest BCUT2D eigenvalue weighted by Crippen LogP contribution is -2.19. The van der Waals surface area contributed by atoms with Crippen LogP contribution in [0.5, 0.6) is 11.5 Å². The zero-order valence-corrected chi connectivity index (χ0v) is 12.8. The molecule has 0 spiro atoms. The summed E-state index contributed by atoms with van der Waals surface area (Å²) in [5.41, 5.74) is 4.61. The lowest BCUT2D eigenvalue weighted by molar-refractivity contribution is 0.0955. The minimum Gasteiger partial charge on any atom is -0.493 e. The maximum absolute atomic E-state index is 11.9. The first-order valence-electron chi connectivity index (χ1n) is 6.77. The molecule has 0 aromatic heterocycles. The van der Waals surface area contributed by atoms with Crippen molar-refractivity contribution in [1.82, 2.24) is 5.43 Å². The summed E-state index contributed by atoms with van der Waals surface area (Å²) in [7, 11) is 3.16. The molecule has 0 saturated carbocycles. The molecular formula is C17H18N2O3. The standard InChI is InChI=1S/C17H18N2O3/c1-12(14-9-10-15(21-2)16(11-14)22-3)18-19-17(20)13-7-5-4-6-8-13/h4-11H,1-3H3,(H,19,20)/b18-12-. The molecule has 2 aromatic carbocycles. The number of carbonyl (C=O) groups is 1. The lowest BCUT2D eigenvalue weighted by Gasteiger charge is -2.09. The highest BCUT2D eigenvalue weighted by molar-refractivity contribution is 6.01. The van der Waals surface area contributed by atoms with Crippen LogP contribution in [0.4, 0.5) is 0 Å². The van der Waals surface area contributed by atoms with Gasteiger partial charge in [0.1, 0.15) is 0 Å². The number of amides is 1. The highest BCUT2D eigenvalue weighted by atomic mass is 16.5. The van der Waals surface area contributed by atoms with Crippen molar-refractivity contribution in [2.75, 3.05) is 14.2 Å². The number of hydrogen-bond donors (Lipinski definition) is 1. The fraction of sp³-hybridized carbons (Fsp3) is 0.176. The SMILES string of the molecule is COc1ccc(/C(C)=N\NC(=O)c2ccccc2)cc1OC. The Hall–Kier alpha value is -2.82. The van der Waals surface area contributed by atoms with Crippen LogP contribution in [0, 0.1) is 0 Å². The molecule has 0 atom stereocenters. The third-order valence-corrected chi connectivity index (χ3v) is 3.16. The molecule has 22 heavy (non-hydrogen) atoms. The summed E-state index contributed by atoms with van der Waals surface area (Å²) < 4.78 is 10.4. The van der Waals surface area contributed by atoms with Crippen molar-refractivity contribution in [1.29, 1.82) is 0 Å². The van der Waals surface area contributed by atoms with E-state index in [1.165, 1.54) is 0 Å². The molecule has 5 nitrogen and oxygen atoms in total. The second-order valence-electron chi connectivity index (χ2n) is 4.57. The predicted octanol–water partition coefficient (Wildman–Crippen LogP) is 2.86. The number of methoxy groups -OCH3 is 2. The van der Waals surface area contributed by atoms with Crippen molar-refractivity contribution < 1.29 is 14.3 Å². The smallest absolute Gasteiger partial charge is 0.271 e. The maximum atomic E-state index is 11.9. The van der Waals surface area contributed by atoms with Crippen molar-refractivity contribution in [3.8, 4) is 11.5 Å². The highest BCUT2D eigenvalue weighted by Crippen LogP contribution is 2.27. The third-order valence-electron chi connectivity index (χ3n) is 3.16. The van der Waals surface area contributed by atoms with Crippen LogP contribution in [0.15, 0.2) is 53.6 Å². The summed E-state index contributed by atoms with van der Waals surface area (Å²) >= 11 is 0. The van der Waals surface area contributed by atoms with E-state index in [4.69, 9.17) is 9.47 Å². The van der Waals surface area contributed by atoms with Crippen LogP contribution in [0.25, 0.3) is 0 Å². The summed E-state index contributed by atoms with van der Waals surface area (Å²) in [5, 5.41) is 4.12. The van der Waals surface area contributed by atoms with E-state index in [9.17, 15) is 4.79 Å². The van der Waals surface area contributed by atoms with Gasteiger partial charge in [0.05, 0.1) is 19.9 Å². The summed E-state index contributed by atoms with van der Waals surface area (Å²) in [6, 6.07) is 14.4. The summed E-state index contributed by atoms with van der Waals surface area (Å²) in [6.45, 7) is 1.81. The molecule has 1 N–H and O–H groups in total. The van der Waals surface area contributed by atoms with Crippen molar-refractivity contribution in [3.63, 3.8) is 0 Å². The van der Waals surface area contributed by atoms with Gasteiger partial charge in [0.25, 0.3) is 5.91 Å². The quantitative estimate of drug-likeness (QED) is 0.682. The van der Waals surface area contributed by atoms with Gasteiger partial charge in [-0.1, -0.05) is 18.2 Å². The number of ether oxygens (including phenoxy) is 2. The zero-order valence-electron chi connectivity index (χ0n) is 12.8. The number of hydrogen-bond acceptors (Lipinski definition) is 4. The Balaban J connectivity index is 2.14. The van der Waals surface area contributed by atoms with Gasteiger partial charge in [0.2, 0.25) is 0 Å². The van der Waals surface area contributed by atoms with Gasteiger partial charge in [-0.3, -0.25) is 4.79 Å². The Morgan fingerprint density at radius 1 is 0.955 bits per heavy atom. The van der Waals surface area contributed by atoms with Crippen LogP contribution in [-0.2, 0) is 0 Å². The van der Waals surface area contributed by atoms with Crippen LogP contribution in [-0.4, -0.2) is 25.8 Å². The van der Waals surface area contributed by atoms with Crippen molar-refractivity contribution in [2.24, 2.45) is 5.10 Å². The Bertz CT molecular complexity index is 682. The molecule has 0 aliphatic rings. The molecule has 2 rings (SSSR count). The Labute approximate surface area is 129 Å². The van der Waals surface area contributed by atoms with E-state index in [1.54, 1.807) is 44.6 Å². The molecule has 0 bridgehead atoms. The van der Waals surface area contributed by atoms with Gasteiger partial charge in [0.15, 0.2) is 11.5 Å². The average molecular weight is 298 g/mol. The van der Waals surface area contributed by atoms with Gasteiger partial charge in [-0.25, -0.2) is 5.43 Å². The fourth-order valence-corrected chi connectivity index (χ4v) is 1.91. The van der Waals surface area contributed by atoms with E-state index in [0.29, 0.717) is 22.8 Å². The Morgan fingerprint density at radius 2 is 1.64 bits per heavy atom. The first-order chi connectivity index (χ1) is 10.7. The number of nitrogens with one attached hydrogen (secondary N) is 1. The molecule has 0 aliphatic heterocycles. The van der Waals surface area contributed by atoms with Crippen molar-refractivity contribution >= 4 is 11.6 Å². The van der Waals surface area contributed by atoms with Crippen molar-refractivity contribution in [2.45, 2.75) is 6.92 Å². The first-order valence-corrected chi connectivity index (χ1v) is 6.77. The fourth-order valence-electron chi connectivity index (χ4n) is 1.91. The highest BCUT2D eigenvalue weighted by Gasteiger charge is 2.07. The molecule has 5 heteroatoms. The van der Waals surface area contributed by atoms with Gasteiger partial charge in [-0.05, 0) is 37.3 Å². The van der Waals surface area contributed by atoms with Gasteiger partial charge in [0, 0.05) is 11.1 Å². The topological polar surface area (TPSA) is 59.9 Å². The van der Waals surface area contributed by atoms with Crippen LogP contribution < -0.4 is 14.9 Å². The zero-order chi connectivity index (χ0) is 15.9. The largest absolute Gasteiger partial charge is 0.493 e. The monoisotopic (exact) mass is 298 g/mol. The number of carbonyl (C=O) groups excluding carboxylic acids is 1. The molecule has 2 aromatic rings. The number of nitrogens with zero attached hydrogens (tertiary/aromatic N) is 1. The summed E-state index contributed by atoms with van der Waals surface area (Å²) in [6.07, 6.45) is 0. The normalized spacial score (nSPS) is 11.0. The molecular weight excluding hydrogens is 280 g/mol. The van der Waals surface area contributed by atoms with Gasteiger partial charge < -0.3 is 9.47 Å². The maximum Gasteiger partial charge on any atom is 0.271 e. The van der Waals surface area contributed by atoms with Crippen molar-refractivity contribution in [3.05, 3.63) is 59.7 Å². The molecule has 1 amide bonds. The van der Waals surface area contributed by atoms with Gasteiger partial charge >= 0.3 is 0 Å². The van der Waals surface area contributed by atoms with E-state index in [2.05, 4.69) is 10.5 Å². The van der Waals surface area contributed by atoms with Crippen LogP contribution in [0.2, 0.25) is 0 Å². The Morgan fingerprint density at radius 3 is 2.27 bits per heavy atom. The first kappa shape index (κ1) is 15.6. The van der Waals surface area contributed by atoms with E-state index in [0.717, 1.165) is 5.56 Å². The van der Waals surface area contributed by atoms with Gasteiger partial charge in [-0.2, -0.15) is 5.10 Å². The molecule has 0 heterocycles. The molecule has 114 valence electrons. The van der Waals surface area contributed by atoms with E-state index >= 15 is 0 Å². The average Bonchev–Trinajstić information content (AvgIpc) is 2.59. The number of rotatable bonds is 5.